The Balaban J connectivity index is 1.42. The molecule has 5 rings (SSSR count). The third-order valence-electron chi connectivity index (χ3n) is 8.02. The molecule has 3 aromatic rings. The number of aromatic nitrogens is 1. The Labute approximate surface area is 232 Å². The van der Waals surface area contributed by atoms with E-state index in [0.717, 1.165) is 23.8 Å². The summed E-state index contributed by atoms with van der Waals surface area (Å²) < 4.78 is 44.7. The molecule has 210 valence electrons. The van der Waals surface area contributed by atoms with E-state index in [2.05, 4.69) is 4.98 Å². The minimum atomic E-state index is -1.33. The Morgan fingerprint density at radius 2 is 1.88 bits per heavy atom. The Hall–Kier alpha value is -3.69. The molecular formula is C31H33F3N4O2. The molecule has 2 amide bonds. The highest BCUT2D eigenvalue weighted by Crippen LogP contribution is 2.41. The van der Waals surface area contributed by atoms with E-state index in [0.29, 0.717) is 37.1 Å². The van der Waals surface area contributed by atoms with Crippen LogP contribution >= 0.6 is 0 Å². The van der Waals surface area contributed by atoms with Crippen LogP contribution in [0.1, 0.15) is 29.5 Å². The summed E-state index contributed by atoms with van der Waals surface area (Å²) in [7, 11) is 1.58. The lowest BCUT2D eigenvalue weighted by Gasteiger charge is -2.41. The average Bonchev–Trinajstić information content (AvgIpc) is 3.28. The zero-order chi connectivity index (χ0) is 28.3. The van der Waals surface area contributed by atoms with E-state index in [9.17, 15) is 18.7 Å². The van der Waals surface area contributed by atoms with Crippen LogP contribution in [0.5, 0.6) is 0 Å². The van der Waals surface area contributed by atoms with Crippen molar-refractivity contribution in [1.29, 1.82) is 0 Å². The van der Waals surface area contributed by atoms with Crippen molar-refractivity contribution >= 4 is 11.6 Å². The van der Waals surface area contributed by atoms with Gasteiger partial charge in [-0.25, -0.2) is 18.0 Å². The molecule has 0 spiro atoms. The molecule has 0 aliphatic carbocycles. The number of alkyl halides is 1. The number of benzene rings is 2. The van der Waals surface area contributed by atoms with E-state index in [-0.39, 0.29) is 18.7 Å². The number of urea groups is 1. The van der Waals surface area contributed by atoms with Crippen molar-refractivity contribution < 1.29 is 23.1 Å². The Morgan fingerprint density at radius 1 is 1.12 bits per heavy atom. The number of halogens is 3. The van der Waals surface area contributed by atoms with Crippen LogP contribution in [0.2, 0.25) is 0 Å². The number of aliphatic hydroxyl groups is 1. The summed E-state index contributed by atoms with van der Waals surface area (Å²) in [6, 6.07) is 14.7. The maximum atomic E-state index is 15.8. The monoisotopic (exact) mass is 550 g/mol. The number of carbonyl (C=O) groups excluding carboxylic acids is 1. The number of amides is 2. The number of pyridine rings is 1. The molecule has 2 aliphatic rings. The molecular weight excluding hydrogens is 517 g/mol. The summed E-state index contributed by atoms with van der Waals surface area (Å²) in [6.45, 7) is 0.900. The first kappa shape index (κ1) is 27.9. The standard InChI is InChI=1S/C31H33F3N4O2/c1-36(29-8-5-15-37(20-28(29)34)18-22-11-13-35-14-12-22)30(40)38-19-23(26-16-25(32)9-10-27(26)33)17-31(38,21-39)24-6-3-2-4-7-24/h2-4,6-7,9-14,16-17,28-29,39H,5,8,15,18-21H2,1H3/t28?,29?,31-/m1/s1. The number of aliphatic hydroxyl groups excluding tert-OH is 1. The van der Waals surface area contributed by atoms with Gasteiger partial charge in [-0.15, -0.1) is 0 Å². The molecule has 3 heterocycles. The van der Waals surface area contributed by atoms with Crippen LogP contribution < -0.4 is 0 Å². The summed E-state index contributed by atoms with van der Waals surface area (Å²) in [5.41, 5.74) is 0.729. The van der Waals surface area contributed by atoms with E-state index in [1.165, 1.54) is 9.80 Å². The minimum Gasteiger partial charge on any atom is -0.393 e. The van der Waals surface area contributed by atoms with Gasteiger partial charge in [0.25, 0.3) is 0 Å². The number of nitrogens with zero attached hydrogens (tertiary/aromatic N) is 4. The van der Waals surface area contributed by atoms with Gasteiger partial charge in [0.1, 0.15) is 23.3 Å². The van der Waals surface area contributed by atoms with Crippen LogP contribution in [-0.2, 0) is 12.1 Å². The predicted octanol–water partition coefficient (Wildman–Crippen LogP) is 5.00. The average molecular weight is 551 g/mol. The largest absolute Gasteiger partial charge is 0.393 e. The molecule has 6 nitrogen and oxygen atoms in total. The van der Waals surface area contributed by atoms with Gasteiger partial charge >= 0.3 is 6.03 Å². The smallest absolute Gasteiger partial charge is 0.321 e. The number of hydrogen-bond donors (Lipinski definition) is 1. The van der Waals surface area contributed by atoms with Crippen LogP contribution in [0.4, 0.5) is 18.0 Å². The lowest BCUT2D eigenvalue weighted by molar-refractivity contribution is 0.0633. The lowest BCUT2D eigenvalue weighted by Crippen LogP contribution is -2.56. The Kier molecular flexibility index (Phi) is 8.23. The molecule has 3 atom stereocenters. The van der Waals surface area contributed by atoms with Crippen molar-refractivity contribution in [2.45, 2.75) is 37.1 Å². The van der Waals surface area contributed by atoms with Gasteiger partial charge in [-0.2, -0.15) is 0 Å². The fourth-order valence-corrected chi connectivity index (χ4v) is 5.88. The van der Waals surface area contributed by atoms with E-state index in [1.807, 2.05) is 23.1 Å². The van der Waals surface area contributed by atoms with Crippen LogP contribution in [0, 0.1) is 11.6 Å². The Morgan fingerprint density at radius 3 is 2.60 bits per heavy atom. The summed E-state index contributed by atoms with van der Waals surface area (Å²) >= 11 is 0. The first-order chi connectivity index (χ1) is 19.3. The first-order valence-electron chi connectivity index (χ1n) is 13.5. The highest BCUT2D eigenvalue weighted by Gasteiger charge is 2.47. The van der Waals surface area contributed by atoms with E-state index in [4.69, 9.17) is 0 Å². The van der Waals surface area contributed by atoms with Gasteiger partial charge in [-0.05, 0) is 72.5 Å². The van der Waals surface area contributed by atoms with Crippen molar-refractivity contribution in [3.8, 4) is 0 Å². The van der Waals surface area contributed by atoms with E-state index < -0.39 is 42.0 Å². The maximum absolute atomic E-state index is 15.8. The van der Waals surface area contributed by atoms with Gasteiger partial charge in [0.15, 0.2) is 0 Å². The fraction of sp³-hybridized carbons (Fsp3) is 0.355. The van der Waals surface area contributed by atoms with E-state index >= 15 is 4.39 Å². The van der Waals surface area contributed by atoms with Gasteiger partial charge in [0.2, 0.25) is 0 Å². The number of carbonyl (C=O) groups is 1. The molecule has 9 heteroatoms. The molecule has 0 bridgehead atoms. The number of hydrogen-bond acceptors (Lipinski definition) is 4. The van der Waals surface area contributed by atoms with Crippen LogP contribution in [0.15, 0.2) is 79.1 Å². The van der Waals surface area contributed by atoms with Gasteiger partial charge < -0.3 is 14.9 Å². The fourth-order valence-electron chi connectivity index (χ4n) is 5.88. The first-order valence-corrected chi connectivity index (χ1v) is 13.5. The van der Waals surface area contributed by atoms with Crippen LogP contribution in [0.25, 0.3) is 5.57 Å². The molecule has 1 N–H and O–H groups in total. The molecule has 2 aromatic carbocycles. The van der Waals surface area contributed by atoms with Crippen molar-refractivity contribution in [3.63, 3.8) is 0 Å². The number of rotatable bonds is 6. The van der Waals surface area contributed by atoms with Crippen LogP contribution in [-0.4, -0.2) is 76.3 Å². The molecule has 40 heavy (non-hydrogen) atoms. The Bertz CT molecular complexity index is 1360. The molecule has 1 fully saturated rings. The minimum absolute atomic E-state index is 0.0243. The van der Waals surface area contributed by atoms with Crippen LogP contribution in [0.3, 0.4) is 0 Å². The second-order valence-electron chi connectivity index (χ2n) is 10.5. The van der Waals surface area contributed by atoms with Gasteiger partial charge in [0, 0.05) is 44.6 Å². The van der Waals surface area contributed by atoms with Crippen molar-refractivity contribution in [1.82, 2.24) is 19.7 Å². The molecule has 0 radical (unpaired) electrons. The topological polar surface area (TPSA) is 59.9 Å². The lowest BCUT2D eigenvalue weighted by atomic mass is 9.89. The zero-order valence-corrected chi connectivity index (χ0v) is 22.4. The molecule has 2 unspecified atom stereocenters. The number of likely N-dealkylation sites (tertiary alicyclic amines) is 1. The summed E-state index contributed by atoms with van der Waals surface area (Å²) in [5, 5.41) is 10.7. The molecule has 2 aliphatic heterocycles. The summed E-state index contributed by atoms with van der Waals surface area (Å²) in [5.74, 6) is -1.24. The molecule has 0 saturated carbocycles. The SMILES string of the molecule is CN(C(=O)N1CC(c2cc(F)ccc2F)=C[C@@]1(CO)c1ccccc1)C1CCCN(Cc2ccncc2)CC1F. The quantitative estimate of drug-likeness (QED) is 0.469. The maximum Gasteiger partial charge on any atom is 0.321 e. The van der Waals surface area contributed by atoms with E-state index in [1.54, 1.807) is 49.8 Å². The second-order valence-corrected chi connectivity index (χ2v) is 10.5. The predicted molar refractivity (Wildman–Crippen MR) is 147 cm³/mol. The summed E-state index contributed by atoms with van der Waals surface area (Å²) in [4.78, 5) is 23.0. The summed E-state index contributed by atoms with van der Waals surface area (Å²) in [6.07, 6.45) is 4.93. The van der Waals surface area contributed by atoms with Crippen molar-refractivity contribution in [2.24, 2.45) is 0 Å². The van der Waals surface area contributed by atoms with Gasteiger partial charge in [0.05, 0.1) is 12.6 Å². The van der Waals surface area contributed by atoms with Crippen molar-refractivity contribution in [2.75, 3.05) is 33.3 Å². The molecule has 1 saturated heterocycles. The normalized spacial score (nSPS) is 23.5. The highest BCUT2D eigenvalue weighted by molar-refractivity contribution is 5.83. The third-order valence-corrected chi connectivity index (χ3v) is 8.02. The third kappa shape index (κ3) is 5.48. The zero-order valence-electron chi connectivity index (χ0n) is 22.4. The van der Waals surface area contributed by atoms with Gasteiger partial charge in [-0.3, -0.25) is 9.88 Å². The van der Waals surface area contributed by atoms with Gasteiger partial charge in [-0.1, -0.05) is 30.3 Å². The van der Waals surface area contributed by atoms with Crippen molar-refractivity contribution in [3.05, 3.63) is 107 Å². The second kappa shape index (κ2) is 11.8. The molecule has 1 aromatic heterocycles. The highest BCUT2D eigenvalue weighted by atomic mass is 19.1.